The quantitative estimate of drug-likeness (QED) is 0.601. The van der Waals surface area contributed by atoms with Crippen LogP contribution >= 0.6 is 12.4 Å². The summed E-state index contributed by atoms with van der Waals surface area (Å²) >= 11 is 0. The molecule has 1 rings (SSSR count). The Balaban J connectivity index is 0.000000810. The van der Waals surface area contributed by atoms with E-state index in [1.807, 2.05) is 0 Å². The van der Waals surface area contributed by atoms with E-state index in [1.54, 1.807) is 18.3 Å². The lowest BCUT2D eigenvalue weighted by molar-refractivity contribution is 0.624. The predicted octanol–water partition coefficient (Wildman–Crippen LogP) is 0.848. The molecule has 1 aromatic rings. The third-order valence-electron chi connectivity index (χ3n) is 0.860. The maximum absolute atomic E-state index is 10.2. The summed E-state index contributed by atoms with van der Waals surface area (Å²) in [6.45, 7) is 0. The van der Waals surface area contributed by atoms with Crippen molar-refractivity contribution < 1.29 is 8.42 Å². The second kappa shape index (κ2) is 4.14. The molecule has 0 spiro atoms. The molecule has 1 heterocycles. The lowest BCUT2D eigenvalue weighted by atomic mass is 10.5. The topological polar surface area (TPSA) is 49.9 Å². The Morgan fingerprint density at radius 2 is 2.00 bits per heavy atom. The number of pyridine rings is 1. The highest BCUT2D eigenvalue weighted by atomic mass is 35.5. The molecule has 0 aromatic carbocycles. The van der Waals surface area contributed by atoms with Crippen molar-refractivity contribution in [1.82, 2.24) is 4.98 Å². The van der Waals surface area contributed by atoms with Crippen LogP contribution in [0.3, 0.4) is 0 Å². The number of aromatic nitrogens is 1. The zero-order valence-electron chi connectivity index (χ0n) is 4.94. The summed E-state index contributed by atoms with van der Waals surface area (Å²) in [6.07, 6.45) is 1.56. The van der Waals surface area contributed by atoms with E-state index < -0.39 is 10.3 Å². The van der Waals surface area contributed by atoms with Gasteiger partial charge in [0.15, 0.2) is 4.64 Å². The second-order valence-electron chi connectivity index (χ2n) is 1.46. The molecule has 0 fully saturated rings. The maximum atomic E-state index is 10.2. The average molecular weight is 180 g/mol. The highest BCUT2D eigenvalue weighted by Crippen LogP contribution is 1.79. The molecule has 5 heteroatoms. The summed E-state index contributed by atoms with van der Waals surface area (Å²) in [4.78, 5) is 2.56. The molecule has 0 radical (unpaired) electrons. The first kappa shape index (κ1) is 9.26. The van der Waals surface area contributed by atoms with Crippen LogP contribution in [0.15, 0.2) is 24.4 Å². The Labute approximate surface area is 65.7 Å². The summed E-state index contributed by atoms with van der Waals surface area (Å²) in [6, 6.07) is 4.86. The molecule has 0 saturated heterocycles. The molecule has 1 aromatic heterocycles. The Morgan fingerprint density at radius 3 is 2.30 bits per heavy atom. The van der Waals surface area contributed by atoms with Crippen molar-refractivity contribution in [2.45, 2.75) is 0 Å². The van der Waals surface area contributed by atoms with E-state index in [0.717, 1.165) is 0 Å². The number of H-pyrrole nitrogens is 1. The minimum Gasteiger partial charge on any atom is -0.349 e. The fourth-order valence-corrected chi connectivity index (χ4v) is 0.834. The van der Waals surface area contributed by atoms with Gasteiger partial charge in [-0.05, 0) is 12.1 Å². The van der Waals surface area contributed by atoms with Crippen molar-refractivity contribution in [3.8, 4) is 0 Å². The van der Waals surface area contributed by atoms with Crippen LogP contribution in [0.2, 0.25) is 0 Å². The number of nitrogens with one attached hydrogen (secondary N) is 1. The fourth-order valence-electron chi connectivity index (χ4n) is 0.481. The standard InChI is InChI=1S/C5H5NO2S.ClH/c7-9(8)5-3-1-2-4-6-5;/h1-4,6H;1H. The van der Waals surface area contributed by atoms with E-state index in [4.69, 9.17) is 0 Å². The molecule has 0 aliphatic rings. The molecule has 0 saturated carbocycles. The van der Waals surface area contributed by atoms with Gasteiger partial charge in [-0.1, -0.05) is 6.07 Å². The number of aromatic amines is 1. The van der Waals surface area contributed by atoms with Gasteiger partial charge in [-0.25, -0.2) is 0 Å². The van der Waals surface area contributed by atoms with Gasteiger partial charge in [-0.2, -0.15) is 8.42 Å². The minimum atomic E-state index is -2.13. The molecule has 56 valence electrons. The van der Waals surface area contributed by atoms with Gasteiger partial charge in [-0.3, -0.25) is 0 Å². The third kappa shape index (κ3) is 2.24. The van der Waals surface area contributed by atoms with E-state index >= 15 is 0 Å². The molecule has 1 N–H and O–H groups in total. The smallest absolute Gasteiger partial charge is 0.238 e. The average Bonchev–Trinajstić information content (AvgIpc) is 1.90. The summed E-state index contributed by atoms with van der Waals surface area (Å²) in [5.41, 5.74) is 0. The molecule has 0 atom stereocenters. The normalized spacial score (nSPS) is 8.00. The van der Waals surface area contributed by atoms with Gasteiger partial charge >= 0.3 is 0 Å². The third-order valence-corrected chi connectivity index (χ3v) is 1.47. The highest BCUT2D eigenvalue weighted by molar-refractivity contribution is 7.63. The van der Waals surface area contributed by atoms with Crippen molar-refractivity contribution in [3.63, 3.8) is 0 Å². The van der Waals surface area contributed by atoms with Gasteiger partial charge in [0.1, 0.15) is 0 Å². The van der Waals surface area contributed by atoms with E-state index in [2.05, 4.69) is 4.98 Å². The molecular formula is C5H6ClNO2S. The zero-order chi connectivity index (χ0) is 6.69. The van der Waals surface area contributed by atoms with Gasteiger partial charge < -0.3 is 4.98 Å². The summed E-state index contributed by atoms with van der Waals surface area (Å²) in [5.74, 6) is 0. The van der Waals surface area contributed by atoms with Crippen LogP contribution in [0, 0.1) is 4.64 Å². The van der Waals surface area contributed by atoms with Gasteiger partial charge in [0, 0.05) is 6.20 Å². The number of halogens is 1. The second-order valence-corrected chi connectivity index (χ2v) is 2.37. The SMILES string of the molecule is Cl.O=S(=O)=c1cccc[nH]1. The first-order valence-corrected chi connectivity index (χ1v) is 3.44. The summed E-state index contributed by atoms with van der Waals surface area (Å²) in [7, 11) is -2.13. The van der Waals surface area contributed by atoms with E-state index in [1.165, 1.54) is 6.07 Å². The van der Waals surface area contributed by atoms with Gasteiger partial charge in [0.05, 0.1) is 0 Å². The summed E-state index contributed by atoms with van der Waals surface area (Å²) < 4.78 is 20.5. The largest absolute Gasteiger partial charge is 0.349 e. The highest BCUT2D eigenvalue weighted by Gasteiger charge is 1.74. The number of hydrogen-bond donors (Lipinski definition) is 1. The van der Waals surface area contributed by atoms with Crippen molar-refractivity contribution in [2.75, 3.05) is 0 Å². The number of rotatable bonds is 0. The first-order valence-electron chi connectivity index (χ1n) is 2.36. The van der Waals surface area contributed by atoms with Crippen molar-refractivity contribution in [2.24, 2.45) is 0 Å². The predicted molar refractivity (Wildman–Crippen MR) is 40.2 cm³/mol. The zero-order valence-corrected chi connectivity index (χ0v) is 6.58. The van der Waals surface area contributed by atoms with Crippen molar-refractivity contribution in [3.05, 3.63) is 29.0 Å². The number of hydrogen-bond acceptors (Lipinski definition) is 2. The van der Waals surface area contributed by atoms with Crippen LogP contribution in [0.4, 0.5) is 0 Å². The molecule has 3 nitrogen and oxygen atoms in total. The molecule has 0 aliphatic carbocycles. The van der Waals surface area contributed by atoms with Gasteiger partial charge in [0.25, 0.3) is 0 Å². The molecule has 0 unspecified atom stereocenters. The van der Waals surface area contributed by atoms with Crippen LogP contribution in [-0.2, 0) is 10.3 Å². The monoisotopic (exact) mass is 179 g/mol. The van der Waals surface area contributed by atoms with Crippen LogP contribution < -0.4 is 0 Å². The van der Waals surface area contributed by atoms with Crippen molar-refractivity contribution >= 4 is 22.7 Å². The lowest BCUT2D eigenvalue weighted by Crippen LogP contribution is -1.72. The summed E-state index contributed by atoms with van der Waals surface area (Å²) in [5, 5.41) is 0. The molecule has 0 bridgehead atoms. The van der Waals surface area contributed by atoms with Crippen LogP contribution in [0.25, 0.3) is 0 Å². The Morgan fingerprint density at radius 1 is 1.30 bits per heavy atom. The Bertz CT molecular complexity index is 328. The van der Waals surface area contributed by atoms with Crippen LogP contribution in [0.5, 0.6) is 0 Å². The minimum absolute atomic E-state index is 0. The maximum Gasteiger partial charge on any atom is 0.238 e. The van der Waals surface area contributed by atoms with Crippen LogP contribution in [-0.4, -0.2) is 13.4 Å². The Kier molecular flexibility index (Phi) is 3.83. The lowest BCUT2D eigenvalue weighted by Gasteiger charge is -1.76. The Hall–Kier alpha value is -0.740. The molecule has 0 aliphatic heterocycles. The van der Waals surface area contributed by atoms with E-state index in [0.29, 0.717) is 0 Å². The van der Waals surface area contributed by atoms with Crippen LogP contribution in [0.1, 0.15) is 0 Å². The molecule has 0 amide bonds. The van der Waals surface area contributed by atoms with E-state index in [-0.39, 0.29) is 17.0 Å². The van der Waals surface area contributed by atoms with Crippen molar-refractivity contribution in [1.29, 1.82) is 0 Å². The van der Waals surface area contributed by atoms with Gasteiger partial charge in [-0.15, -0.1) is 12.4 Å². The fraction of sp³-hybridized carbons (Fsp3) is 0. The molecule has 10 heavy (non-hydrogen) atoms. The first-order chi connectivity index (χ1) is 4.30. The molecular weight excluding hydrogens is 174 g/mol. The van der Waals surface area contributed by atoms with Gasteiger partial charge in [0.2, 0.25) is 10.3 Å². The van der Waals surface area contributed by atoms with E-state index in [9.17, 15) is 8.42 Å².